The molecule has 1 atom stereocenters. The molecule has 1 aromatic heterocycles. The normalized spacial score (nSPS) is 13.6. The molecule has 96 valence electrons. The van der Waals surface area contributed by atoms with E-state index in [0.717, 1.165) is 0 Å². The van der Waals surface area contributed by atoms with Gasteiger partial charge in [-0.2, -0.15) is 13.2 Å². The Morgan fingerprint density at radius 3 is 2.76 bits per heavy atom. The topological polar surface area (TPSA) is 62.5 Å². The molecule has 0 aliphatic heterocycles. The number of carboxylic acid groups (broad SMARTS) is 1. The standard InChI is InChI=1S/C10H12F3NO3/c1-6(4-10(11,12)13)14-5-7-2-3-17-8(7)9(15)16/h2-3,6,14H,4-5H2,1H3,(H,15,16). The number of hydrogen-bond acceptors (Lipinski definition) is 3. The van der Waals surface area contributed by atoms with Crippen molar-refractivity contribution in [3.05, 3.63) is 23.7 Å². The summed E-state index contributed by atoms with van der Waals surface area (Å²) in [6, 6.07) is 0.628. The highest BCUT2D eigenvalue weighted by atomic mass is 19.4. The average molecular weight is 251 g/mol. The molecule has 0 aromatic carbocycles. The zero-order valence-corrected chi connectivity index (χ0v) is 9.04. The zero-order chi connectivity index (χ0) is 13.1. The first-order valence-corrected chi connectivity index (χ1v) is 4.89. The Hall–Kier alpha value is -1.50. The van der Waals surface area contributed by atoms with Crippen molar-refractivity contribution in [1.82, 2.24) is 5.32 Å². The monoisotopic (exact) mass is 251 g/mol. The highest BCUT2D eigenvalue weighted by Gasteiger charge is 2.29. The van der Waals surface area contributed by atoms with Crippen LogP contribution in [-0.2, 0) is 6.54 Å². The Kier molecular flexibility index (Phi) is 4.17. The van der Waals surface area contributed by atoms with Gasteiger partial charge in [-0.05, 0) is 13.0 Å². The lowest BCUT2D eigenvalue weighted by molar-refractivity contribution is -0.139. The summed E-state index contributed by atoms with van der Waals surface area (Å²) in [5.41, 5.74) is 0.325. The molecule has 0 bridgehead atoms. The van der Waals surface area contributed by atoms with E-state index in [0.29, 0.717) is 5.56 Å². The van der Waals surface area contributed by atoms with Gasteiger partial charge >= 0.3 is 12.1 Å². The quantitative estimate of drug-likeness (QED) is 0.843. The predicted octanol–water partition coefficient (Wildman–Crippen LogP) is 2.41. The SMILES string of the molecule is CC(CC(F)(F)F)NCc1ccoc1C(=O)O. The summed E-state index contributed by atoms with van der Waals surface area (Å²) in [5, 5.41) is 11.3. The van der Waals surface area contributed by atoms with Crippen molar-refractivity contribution in [1.29, 1.82) is 0 Å². The molecule has 1 rings (SSSR count). The summed E-state index contributed by atoms with van der Waals surface area (Å²) in [6.07, 6.45) is -4.01. The molecule has 17 heavy (non-hydrogen) atoms. The molecule has 4 nitrogen and oxygen atoms in total. The van der Waals surface area contributed by atoms with E-state index in [1.807, 2.05) is 0 Å². The van der Waals surface area contributed by atoms with Crippen molar-refractivity contribution in [3.63, 3.8) is 0 Å². The van der Waals surface area contributed by atoms with Gasteiger partial charge in [-0.15, -0.1) is 0 Å². The van der Waals surface area contributed by atoms with E-state index in [-0.39, 0.29) is 12.3 Å². The highest BCUT2D eigenvalue weighted by Crippen LogP contribution is 2.21. The van der Waals surface area contributed by atoms with Gasteiger partial charge < -0.3 is 14.8 Å². The zero-order valence-electron chi connectivity index (χ0n) is 9.04. The number of furan rings is 1. The van der Waals surface area contributed by atoms with Gasteiger partial charge in [-0.25, -0.2) is 4.79 Å². The Balaban J connectivity index is 2.50. The molecule has 0 radical (unpaired) electrons. The van der Waals surface area contributed by atoms with Crippen LogP contribution in [0.5, 0.6) is 0 Å². The van der Waals surface area contributed by atoms with Gasteiger partial charge in [0.15, 0.2) is 0 Å². The third kappa shape index (κ3) is 4.48. The molecule has 7 heteroatoms. The molecule has 1 heterocycles. The summed E-state index contributed by atoms with van der Waals surface area (Å²) in [7, 11) is 0. The maximum atomic E-state index is 12.0. The minimum absolute atomic E-state index is 0.0232. The second kappa shape index (κ2) is 5.22. The van der Waals surface area contributed by atoms with Crippen molar-refractivity contribution >= 4 is 5.97 Å². The Morgan fingerprint density at radius 1 is 1.59 bits per heavy atom. The third-order valence-corrected chi connectivity index (χ3v) is 2.12. The summed E-state index contributed by atoms with van der Waals surface area (Å²) in [4.78, 5) is 10.7. The number of aromatic carboxylic acids is 1. The van der Waals surface area contributed by atoms with Gasteiger partial charge in [-0.3, -0.25) is 0 Å². The minimum Gasteiger partial charge on any atom is -0.475 e. The first kappa shape index (κ1) is 13.6. The van der Waals surface area contributed by atoms with E-state index in [1.54, 1.807) is 0 Å². The van der Waals surface area contributed by atoms with E-state index in [2.05, 4.69) is 5.32 Å². The second-order valence-electron chi connectivity index (χ2n) is 3.68. The van der Waals surface area contributed by atoms with Crippen LogP contribution in [0.25, 0.3) is 0 Å². The first-order valence-electron chi connectivity index (χ1n) is 4.89. The van der Waals surface area contributed by atoms with Gasteiger partial charge in [0.05, 0.1) is 12.7 Å². The number of nitrogens with one attached hydrogen (secondary N) is 1. The van der Waals surface area contributed by atoms with E-state index in [4.69, 9.17) is 9.52 Å². The average Bonchev–Trinajstić information content (AvgIpc) is 2.59. The van der Waals surface area contributed by atoms with Crippen LogP contribution in [-0.4, -0.2) is 23.3 Å². The number of halogens is 3. The van der Waals surface area contributed by atoms with Gasteiger partial charge in [0.25, 0.3) is 0 Å². The summed E-state index contributed by atoms with van der Waals surface area (Å²) in [5.74, 6) is -1.49. The molecule has 2 N–H and O–H groups in total. The minimum atomic E-state index is -4.24. The predicted molar refractivity (Wildman–Crippen MR) is 52.6 cm³/mol. The molecular formula is C10H12F3NO3. The number of rotatable bonds is 5. The van der Waals surface area contributed by atoms with Crippen LogP contribution in [0.4, 0.5) is 13.2 Å². The molecule has 0 aliphatic rings. The number of alkyl halides is 3. The first-order chi connectivity index (χ1) is 7.79. The van der Waals surface area contributed by atoms with Crippen molar-refractivity contribution in [2.45, 2.75) is 32.1 Å². The van der Waals surface area contributed by atoms with Crippen LogP contribution in [0.15, 0.2) is 16.7 Å². The lowest BCUT2D eigenvalue weighted by atomic mass is 10.2. The van der Waals surface area contributed by atoms with Crippen LogP contribution in [0, 0.1) is 0 Å². The van der Waals surface area contributed by atoms with E-state index in [9.17, 15) is 18.0 Å². The molecule has 0 fully saturated rings. The number of carbonyl (C=O) groups is 1. The fourth-order valence-electron chi connectivity index (χ4n) is 1.37. The lowest BCUT2D eigenvalue weighted by Gasteiger charge is -2.15. The summed E-state index contributed by atoms with van der Waals surface area (Å²) in [6.45, 7) is 1.41. The Bertz CT molecular complexity index is 386. The molecule has 1 unspecified atom stereocenters. The largest absolute Gasteiger partial charge is 0.475 e. The maximum absolute atomic E-state index is 12.0. The van der Waals surface area contributed by atoms with Crippen LogP contribution in [0.3, 0.4) is 0 Å². The third-order valence-electron chi connectivity index (χ3n) is 2.12. The maximum Gasteiger partial charge on any atom is 0.390 e. The molecule has 0 spiro atoms. The van der Waals surface area contributed by atoms with Gasteiger partial charge in [0.1, 0.15) is 0 Å². The molecule has 0 amide bonds. The Labute approximate surface area is 95.4 Å². The smallest absolute Gasteiger partial charge is 0.390 e. The van der Waals surface area contributed by atoms with Crippen molar-refractivity contribution < 1.29 is 27.5 Å². The van der Waals surface area contributed by atoms with E-state index >= 15 is 0 Å². The molecule has 0 saturated heterocycles. The van der Waals surface area contributed by atoms with Gasteiger partial charge in [0, 0.05) is 18.2 Å². The highest BCUT2D eigenvalue weighted by molar-refractivity contribution is 5.86. The van der Waals surface area contributed by atoms with Crippen molar-refractivity contribution in [3.8, 4) is 0 Å². The second-order valence-corrected chi connectivity index (χ2v) is 3.68. The lowest BCUT2D eigenvalue weighted by Crippen LogP contribution is -2.31. The molecular weight excluding hydrogens is 239 g/mol. The fourth-order valence-corrected chi connectivity index (χ4v) is 1.37. The van der Waals surface area contributed by atoms with Crippen LogP contribution in [0.1, 0.15) is 29.5 Å². The molecule has 0 aliphatic carbocycles. The molecule has 1 aromatic rings. The summed E-state index contributed by atoms with van der Waals surface area (Å²) >= 11 is 0. The number of carboxylic acids is 1. The van der Waals surface area contributed by atoms with Crippen LogP contribution < -0.4 is 5.32 Å². The number of hydrogen-bond donors (Lipinski definition) is 2. The van der Waals surface area contributed by atoms with Crippen LogP contribution in [0.2, 0.25) is 0 Å². The van der Waals surface area contributed by atoms with Gasteiger partial charge in [0.2, 0.25) is 5.76 Å². The fraction of sp³-hybridized carbons (Fsp3) is 0.500. The molecule has 0 saturated carbocycles. The Morgan fingerprint density at radius 2 is 2.24 bits per heavy atom. The van der Waals surface area contributed by atoms with Gasteiger partial charge in [-0.1, -0.05) is 0 Å². The van der Waals surface area contributed by atoms with Crippen molar-refractivity contribution in [2.75, 3.05) is 0 Å². The van der Waals surface area contributed by atoms with Crippen LogP contribution >= 0.6 is 0 Å². The van der Waals surface area contributed by atoms with Crippen molar-refractivity contribution in [2.24, 2.45) is 0 Å². The summed E-state index contributed by atoms with van der Waals surface area (Å²) < 4.78 is 40.8. The van der Waals surface area contributed by atoms with E-state index < -0.39 is 24.6 Å². The van der Waals surface area contributed by atoms with E-state index in [1.165, 1.54) is 19.3 Å².